The molecule has 0 aliphatic carbocycles. The lowest BCUT2D eigenvalue weighted by atomic mass is 10.0. The third-order valence-corrected chi connectivity index (χ3v) is 9.38. The maximum absolute atomic E-state index is 5.32. The number of hydrogen-bond donors (Lipinski definition) is 0. The number of aromatic nitrogens is 5. The monoisotopic (exact) mass is 613 g/mol. The van der Waals surface area contributed by atoms with Gasteiger partial charge in [-0.15, -0.1) is 0 Å². The zero-order valence-electron chi connectivity index (χ0n) is 25.8. The normalized spacial score (nSPS) is 11.8. The maximum atomic E-state index is 5.32. The van der Waals surface area contributed by atoms with Gasteiger partial charge in [0.15, 0.2) is 0 Å². The Bertz CT molecular complexity index is 2830. The second kappa shape index (κ2) is 10.5. The Hall–Kier alpha value is -6.59. The molecule has 48 heavy (non-hydrogen) atoms. The lowest BCUT2D eigenvalue weighted by Gasteiger charge is -2.14. The smallest absolute Gasteiger partial charge is 0.235 e. The van der Waals surface area contributed by atoms with Gasteiger partial charge in [0.05, 0.1) is 38.8 Å². The van der Waals surface area contributed by atoms with Gasteiger partial charge in [-0.25, -0.2) is 9.97 Å². The van der Waals surface area contributed by atoms with Gasteiger partial charge in [0.1, 0.15) is 0 Å². The fourth-order valence-electron chi connectivity index (χ4n) is 7.29. The molecule has 0 aliphatic heterocycles. The van der Waals surface area contributed by atoms with Crippen molar-refractivity contribution in [3.63, 3.8) is 0 Å². The van der Waals surface area contributed by atoms with Gasteiger partial charge in [-0.1, -0.05) is 109 Å². The summed E-state index contributed by atoms with van der Waals surface area (Å²) in [4.78, 5) is 15.3. The molecule has 0 saturated carbocycles. The summed E-state index contributed by atoms with van der Waals surface area (Å²) in [5.41, 5.74) is 11.6. The van der Waals surface area contributed by atoms with Crippen LogP contribution in [0.5, 0.6) is 0 Å². The zero-order chi connectivity index (χ0) is 31.6. The molecule has 4 aromatic heterocycles. The predicted molar refractivity (Wildman–Crippen MR) is 197 cm³/mol. The van der Waals surface area contributed by atoms with E-state index in [0.717, 1.165) is 82.7 Å². The van der Waals surface area contributed by atoms with Crippen molar-refractivity contribution in [1.82, 2.24) is 24.1 Å². The number of nitrogens with zero attached hydrogens (tertiary/aromatic N) is 5. The standard InChI is InChI=1S/C43H27N5/c1-3-13-28(14-4-1)40-34-18-7-9-21-36(34)45-43(46-40)48-37-22-10-8-17-32(37)33-20-11-19-31(42(33)48)29-24-25-35-39(27-29)47(30-15-5-2-6-16-30)38-23-12-26-44-41(35)38/h1-27H. The summed E-state index contributed by atoms with van der Waals surface area (Å²) < 4.78 is 4.56. The zero-order valence-corrected chi connectivity index (χ0v) is 25.8. The molecular weight excluding hydrogens is 587 g/mol. The van der Waals surface area contributed by atoms with E-state index in [1.165, 1.54) is 0 Å². The molecule has 5 heteroatoms. The van der Waals surface area contributed by atoms with E-state index in [0.29, 0.717) is 5.95 Å². The van der Waals surface area contributed by atoms with Crippen LogP contribution in [0.25, 0.3) is 88.7 Å². The summed E-state index contributed by atoms with van der Waals surface area (Å²) in [5.74, 6) is 0.648. The molecule has 0 atom stereocenters. The highest BCUT2D eigenvalue weighted by Gasteiger charge is 2.21. The fraction of sp³-hybridized carbons (Fsp3) is 0. The Morgan fingerprint density at radius 3 is 2.04 bits per heavy atom. The first-order valence-electron chi connectivity index (χ1n) is 16.1. The Morgan fingerprint density at radius 2 is 1.17 bits per heavy atom. The molecular formula is C43H27N5. The van der Waals surface area contributed by atoms with Crippen LogP contribution in [0, 0.1) is 0 Å². The van der Waals surface area contributed by atoms with Crippen molar-refractivity contribution in [3.8, 4) is 34.0 Å². The van der Waals surface area contributed by atoms with Crippen LogP contribution in [-0.4, -0.2) is 24.1 Å². The molecule has 0 radical (unpaired) electrons. The first-order valence-corrected chi connectivity index (χ1v) is 16.1. The van der Waals surface area contributed by atoms with Gasteiger partial charge in [-0.05, 0) is 54.1 Å². The van der Waals surface area contributed by atoms with Crippen molar-refractivity contribution in [2.24, 2.45) is 0 Å². The molecule has 0 saturated heterocycles. The molecule has 0 amide bonds. The Morgan fingerprint density at radius 1 is 0.438 bits per heavy atom. The third kappa shape index (κ3) is 3.94. The van der Waals surface area contributed by atoms with Crippen LogP contribution in [-0.2, 0) is 0 Å². The van der Waals surface area contributed by atoms with Gasteiger partial charge in [-0.3, -0.25) is 9.55 Å². The van der Waals surface area contributed by atoms with E-state index < -0.39 is 0 Å². The first-order chi connectivity index (χ1) is 23.8. The Kier molecular flexibility index (Phi) is 5.81. The SMILES string of the molecule is c1ccc(-c2nc(-n3c4ccccc4c4cccc(-c5ccc6c7ncccc7n(-c7ccccc7)c6c5)c43)nc3ccccc23)cc1. The van der Waals surface area contributed by atoms with Crippen molar-refractivity contribution in [2.45, 2.75) is 0 Å². The summed E-state index contributed by atoms with van der Waals surface area (Å²) in [6.45, 7) is 0. The number of para-hydroxylation sites is 4. The van der Waals surface area contributed by atoms with E-state index in [-0.39, 0.29) is 0 Å². The lowest BCUT2D eigenvalue weighted by Crippen LogP contribution is -2.04. The van der Waals surface area contributed by atoms with Gasteiger partial charge in [0.2, 0.25) is 5.95 Å². The largest absolute Gasteiger partial charge is 0.308 e. The van der Waals surface area contributed by atoms with Crippen molar-refractivity contribution >= 4 is 54.6 Å². The quantitative estimate of drug-likeness (QED) is 0.198. The van der Waals surface area contributed by atoms with Crippen LogP contribution < -0.4 is 0 Å². The molecule has 10 aromatic rings. The highest BCUT2D eigenvalue weighted by Crippen LogP contribution is 2.40. The van der Waals surface area contributed by atoms with Gasteiger partial charge >= 0.3 is 0 Å². The summed E-state index contributed by atoms with van der Waals surface area (Å²) in [6.07, 6.45) is 1.87. The van der Waals surface area contributed by atoms with E-state index in [2.05, 4.69) is 149 Å². The van der Waals surface area contributed by atoms with Gasteiger partial charge in [0.25, 0.3) is 0 Å². The minimum atomic E-state index is 0.648. The highest BCUT2D eigenvalue weighted by atomic mass is 15.2. The average Bonchev–Trinajstić information content (AvgIpc) is 3.68. The number of rotatable bonds is 4. The first kappa shape index (κ1) is 26.6. The predicted octanol–water partition coefficient (Wildman–Crippen LogP) is 10.6. The van der Waals surface area contributed by atoms with Crippen LogP contribution in [0.2, 0.25) is 0 Å². The van der Waals surface area contributed by atoms with Crippen LogP contribution in [0.3, 0.4) is 0 Å². The molecule has 0 bridgehead atoms. The molecule has 4 heterocycles. The summed E-state index contributed by atoms with van der Waals surface area (Å²) in [5, 5.41) is 4.47. The van der Waals surface area contributed by atoms with Crippen LogP contribution in [0.4, 0.5) is 0 Å². The fourth-order valence-corrected chi connectivity index (χ4v) is 7.29. The molecule has 5 nitrogen and oxygen atoms in total. The van der Waals surface area contributed by atoms with Gasteiger partial charge in [-0.2, -0.15) is 0 Å². The highest BCUT2D eigenvalue weighted by molar-refractivity contribution is 6.15. The van der Waals surface area contributed by atoms with E-state index >= 15 is 0 Å². The topological polar surface area (TPSA) is 48.5 Å². The molecule has 0 fully saturated rings. The summed E-state index contributed by atoms with van der Waals surface area (Å²) >= 11 is 0. The minimum absolute atomic E-state index is 0.648. The molecule has 0 spiro atoms. The lowest BCUT2D eigenvalue weighted by molar-refractivity contribution is 1.01. The second-order valence-corrected chi connectivity index (χ2v) is 12.1. The number of pyridine rings is 1. The van der Waals surface area contributed by atoms with Crippen molar-refractivity contribution in [2.75, 3.05) is 0 Å². The number of benzene rings is 6. The van der Waals surface area contributed by atoms with Crippen molar-refractivity contribution < 1.29 is 0 Å². The Labute approximate surface area is 276 Å². The van der Waals surface area contributed by atoms with E-state index in [9.17, 15) is 0 Å². The third-order valence-electron chi connectivity index (χ3n) is 9.38. The van der Waals surface area contributed by atoms with Crippen LogP contribution >= 0.6 is 0 Å². The van der Waals surface area contributed by atoms with E-state index in [1.54, 1.807) is 0 Å². The molecule has 6 aromatic carbocycles. The van der Waals surface area contributed by atoms with E-state index in [1.807, 2.05) is 24.4 Å². The summed E-state index contributed by atoms with van der Waals surface area (Å²) in [7, 11) is 0. The maximum Gasteiger partial charge on any atom is 0.235 e. The molecule has 0 N–H and O–H groups in total. The van der Waals surface area contributed by atoms with Crippen LogP contribution in [0.1, 0.15) is 0 Å². The minimum Gasteiger partial charge on any atom is -0.308 e. The molecule has 0 unspecified atom stereocenters. The molecule has 224 valence electrons. The molecule has 0 aliphatic rings. The van der Waals surface area contributed by atoms with E-state index in [4.69, 9.17) is 15.0 Å². The van der Waals surface area contributed by atoms with Crippen molar-refractivity contribution in [3.05, 3.63) is 164 Å². The number of hydrogen-bond acceptors (Lipinski definition) is 3. The molecule has 10 rings (SSSR count). The van der Waals surface area contributed by atoms with Gasteiger partial charge in [0, 0.05) is 44.6 Å². The average molecular weight is 614 g/mol. The van der Waals surface area contributed by atoms with Crippen molar-refractivity contribution in [1.29, 1.82) is 0 Å². The Balaban J connectivity index is 1.30. The second-order valence-electron chi connectivity index (χ2n) is 12.1. The number of fused-ring (bicyclic) bond motifs is 7. The van der Waals surface area contributed by atoms with Gasteiger partial charge < -0.3 is 4.57 Å². The van der Waals surface area contributed by atoms with Crippen LogP contribution in [0.15, 0.2) is 164 Å². The summed E-state index contributed by atoms with van der Waals surface area (Å²) in [6, 6.07) is 55.2.